The van der Waals surface area contributed by atoms with Gasteiger partial charge in [0.25, 0.3) is 5.95 Å². The first-order valence-corrected chi connectivity index (χ1v) is 12.2. The largest absolute Gasteiger partial charge is 0.489 e. The lowest BCUT2D eigenvalue weighted by Gasteiger charge is -2.45. The van der Waals surface area contributed by atoms with Crippen LogP contribution in [0.1, 0.15) is 11.3 Å². The third-order valence-corrected chi connectivity index (χ3v) is 7.04. The van der Waals surface area contributed by atoms with Crippen molar-refractivity contribution in [2.45, 2.75) is 25.5 Å². The molecule has 5 heterocycles. The highest BCUT2D eigenvalue weighted by Gasteiger charge is 2.32. The van der Waals surface area contributed by atoms with Crippen molar-refractivity contribution in [2.75, 3.05) is 54.9 Å². The number of aliphatic hydroxyl groups excluding tert-OH is 1. The van der Waals surface area contributed by atoms with Gasteiger partial charge in [-0.3, -0.25) is 0 Å². The van der Waals surface area contributed by atoms with Gasteiger partial charge in [0, 0.05) is 50.6 Å². The van der Waals surface area contributed by atoms with E-state index < -0.39 is 0 Å². The second-order valence-electron chi connectivity index (χ2n) is 9.53. The smallest absolute Gasteiger partial charge is 0.254 e. The molecular weight excluding hydrogens is 499 g/mol. The van der Waals surface area contributed by atoms with Gasteiger partial charge in [0.05, 0.1) is 24.0 Å². The molecule has 0 radical (unpaired) electrons. The molecule has 12 heteroatoms. The van der Waals surface area contributed by atoms with Crippen molar-refractivity contribution in [1.29, 1.82) is 0 Å². The Hall–Kier alpha value is -3.57. The fraction of sp³-hybridized carbons (Fsp3) is 0.400. The fourth-order valence-electron chi connectivity index (χ4n) is 5.01. The molecular formula is C25H30ClFN8O2. The van der Waals surface area contributed by atoms with Crippen molar-refractivity contribution in [1.82, 2.24) is 24.6 Å². The third kappa shape index (κ3) is 4.88. The van der Waals surface area contributed by atoms with E-state index in [0.717, 1.165) is 48.7 Å². The number of β-amino-alcohol motifs (C(OH)–C–C–N with tert-alkyl or cyclic N) is 1. The molecule has 6 rings (SSSR count). The van der Waals surface area contributed by atoms with E-state index in [4.69, 9.17) is 10.5 Å². The number of hydrogen-bond acceptors (Lipinski definition) is 9. The highest BCUT2D eigenvalue weighted by atomic mass is 35.5. The molecule has 196 valence electrons. The van der Waals surface area contributed by atoms with Gasteiger partial charge in [0.2, 0.25) is 0 Å². The number of anilines is 3. The summed E-state index contributed by atoms with van der Waals surface area (Å²) in [4.78, 5) is 15.5. The molecule has 3 N–H and O–H groups in total. The molecule has 2 saturated heterocycles. The summed E-state index contributed by atoms with van der Waals surface area (Å²) in [6.07, 6.45) is 6.47. The number of nitrogens with two attached hydrogens (primary N) is 1. The monoisotopic (exact) mass is 528 g/mol. The summed E-state index contributed by atoms with van der Waals surface area (Å²) in [5.41, 5.74) is 8.88. The van der Waals surface area contributed by atoms with Crippen LogP contribution in [-0.2, 0) is 6.42 Å². The van der Waals surface area contributed by atoms with Gasteiger partial charge in [-0.15, -0.1) is 12.4 Å². The number of fused-ring (bicyclic) bond motifs is 3. The molecule has 0 spiro atoms. The van der Waals surface area contributed by atoms with E-state index in [-0.39, 0.29) is 30.4 Å². The minimum atomic E-state index is -0.332. The van der Waals surface area contributed by atoms with E-state index in [1.54, 1.807) is 22.9 Å². The van der Waals surface area contributed by atoms with Gasteiger partial charge < -0.3 is 30.3 Å². The van der Waals surface area contributed by atoms with Crippen LogP contribution < -0.4 is 20.3 Å². The standard InChI is InChI=1S/C25H29FN8O2.ClH/c1-16-17(11-28-34(16)25-29-23(27)10-24(30-25)32-13-20(35)14-32)3-2-6-31-7-8-33-19(12-31)15-36-22-5-4-18(26)9-21(22)33;/h2,4-6,9-11,19-20,35H,3,7-8,12-15H2,1H3,(H2,27,29,30);1H/b6-2+;. The van der Waals surface area contributed by atoms with Crippen LogP contribution in [-0.4, -0.2) is 81.2 Å². The van der Waals surface area contributed by atoms with Gasteiger partial charge in [-0.1, -0.05) is 6.08 Å². The number of nitrogens with zero attached hydrogens (tertiary/aromatic N) is 7. The molecule has 1 unspecified atom stereocenters. The number of nitrogen functional groups attached to an aromatic ring is 1. The second kappa shape index (κ2) is 10.1. The highest BCUT2D eigenvalue weighted by Crippen LogP contribution is 2.35. The minimum absolute atomic E-state index is 0. The number of halogens is 2. The topological polar surface area (TPSA) is 109 Å². The average Bonchev–Trinajstić information content (AvgIpc) is 3.21. The van der Waals surface area contributed by atoms with Gasteiger partial charge >= 0.3 is 0 Å². The molecule has 1 atom stereocenters. The van der Waals surface area contributed by atoms with Crippen LogP contribution in [0.25, 0.3) is 5.95 Å². The van der Waals surface area contributed by atoms with Crippen molar-refractivity contribution in [3.63, 3.8) is 0 Å². The van der Waals surface area contributed by atoms with E-state index in [2.05, 4.69) is 37.1 Å². The Labute approximate surface area is 220 Å². The molecule has 0 bridgehead atoms. The van der Waals surface area contributed by atoms with E-state index in [9.17, 15) is 9.50 Å². The number of ether oxygens (including phenoxy) is 1. The van der Waals surface area contributed by atoms with E-state index in [0.29, 0.717) is 37.3 Å². The van der Waals surface area contributed by atoms with E-state index >= 15 is 0 Å². The summed E-state index contributed by atoms with van der Waals surface area (Å²) in [5, 5.41) is 14.1. The Bertz CT molecular complexity index is 1310. The van der Waals surface area contributed by atoms with Gasteiger partial charge in [0.1, 0.15) is 29.8 Å². The third-order valence-electron chi connectivity index (χ3n) is 7.04. The predicted molar refractivity (Wildman–Crippen MR) is 141 cm³/mol. The maximum absolute atomic E-state index is 13.8. The number of rotatable bonds is 5. The summed E-state index contributed by atoms with van der Waals surface area (Å²) in [7, 11) is 0. The molecule has 3 aliphatic heterocycles. The Morgan fingerprint density at radius 3 is 2.84 bits per heavy atom. The zero-order chi connectivity index (χ0) is 24.8. The predicted octanol–water partition coefficient (Wildman–Crippen LogP) is 1.93. The first kappa shape index (κ1) is 25.1. The van der Waals surface area contributed by atoms with Crippen molar-refractivity contribution in [3.05, 3.63) is 59.8 Å². The van der Waals surface area contributed by atoms with Crippen molar-refractivity contribution in [2.24, 2.45) is 0 Å². The van der Waals surface area contributed by atoms with Gasteiger partial charge in [0.15, 0.2) is 0 Å². The minimum Gasteiger partial charge on any atom is -0.489 e. The Morgan fingerprint density at radius 2 is 2.03 bits per heavy atom. The molecule has 37 heavy (non-hydrogen) atoms. The Morgan fingerprint density at radius 1 is 1.19 bits per heavy atom. The molecule has 3 aliphatic rings. The maximum atomic E-state index is 13.8. The molecule has 1 aromatic carbocycles. The number of benzene rings is 1. The van der Waals surface area contributed by atoms with Crippen LogP contribution in [0.15, 0.2) is 42.7 Å². The van der Waals surface area contributed by atoms with E-state index in [1.165, 1.54) is 6.07 Å². The Kier molecular flexibility index (Phi) is 6.82. The van der Waals surface area contributed by atoms with Gasteiger partial charge in [-0.25, -0.2) is 9.07 Å². The van der Waals surface area contributed by atoms with Crippen LogP contribution in [0, 0.1) is 12.7 Å². The van der Waals surface area contributed by atoms with Crippen molar-refractivity contribution >= 4 is 29.7 Å². The zero-order valence-corrected chi connectivity index (χ0v) is 21.3. The fourth-order valence-corrected chi connectivity index (χ4v) is 5.01. The number of aromatic nitrogens is 4. The molecule has 2 aromatic heterocycles. The van der Waals surface area contributed by atoms with Crippen molar-refractivity contribution in [3.8, 4) is 11.7 Å². The average molecular weight is 529 g/mol. The molecule has 0 amide bonds. The van der Waals surface area contributed by atoms with Crippen LogP contribution in [0.3, 0.4) is 0 Å². The summed E-state index contributed by atoms with van der Waals surface area (Å²) in [6, 6.07) is 6.61. The summed E-state index contributed by atoms with van der Waals surface area (Å²) in [5.74, 6) is 1.99. The molecule has 10 nitrogen and oxygen atoms in total. The summed E-state index contributed by atoms with van der Waals surface area (Å²) >= 11 is 0. The van der Waals surface area contributed by atoms with Crippen LogP contribution >= 0.6 is 12.4 Å². The summed E-state index contributed by atoms with van der Waals surface area (Å²) in [6.45, 7) is 6.14. The van der Waals surface area contributed by atoms with Crippen LogP contribution in [0.5, 0.6) is 5.75 Å². The molecule has 3 aromatic rings. The van der Waals surface area contributed by atoms with Crippen LogP contribution in [0.2, 0.25) is 0 Å². The van der Waals surface area contributed by atoms with Crippen molar-refractivity contribution < 1.29 is 14.2 Å². The number of allylic oxidation sites excluding steroid dienone is 1. The molecule has 0 saturated carbocycles. The lowest BCUT2D eigenvalue weighted by Crippen LogP contribution is -2.55. The normalized spacial score (nSPS) is 19.2. The van der Waals surface area contributed by atoms with Crippen LogP contribution in [0.4, 0.5) is 21.7 Å². The lowest BCUT2D eigenvalue weighted by molar-refractivity contribution is 0.141. The van der Waals surface area contributed by atoms with Gasteiger partial charge in [-0.2, -0.15) is 15.1 Å². The first-order chi connectivity index (χ1) is 17.4. The number of aliphatic hydroxyl groups is 1. The SMILES string of the molecule is Cc1c(C/C=C/N2CCN3c4cc(F)ccc4OCC3C2)cnn1-c1nc(N)cc(N2CC(O)C2)n1.Cl. The zero-order valence-electron chi connectivity index (χ0n) is 20.5. The second-order valence-corrected chi connectivity index (χ2v) is 9.53. The number of hydrogen-bond donors (Lipinski definition) is 2. The first-order valence-electron chi connectivity index (χ1n) is 12.2. The van der Waals surface area contributed by atoms with Gasteiger partial charge in [-0.05, 0) is 37.2 Å². The molecule has 2 fully saturated rings. The molecule has 0 aliphatic carbocycles. The highest BCUT2D eigenvalue weighted by molar-refractivity contribution is 5.85. The maximum Gasteiger partial charge on any atom is 0.254 e. The Balaban J connectivity index is 0.00000280. The summed E-state index contributed by atoms with van der Waals surface area (Å²) < 4.78 is 21.3. The number of piperazine rings is 1. The quantitative estimate of drug-likeness (QED) is 0.513. The van der Waals surface area contributed by atoms with E-state index in [1.807, 2.05) is 18.0 Å². The lowest BCUT2D eigenvalue weighted by atomic mass is 10.1.